The molecule has 0 aromatic heterocycles. The van der Waals surface area contributed by atoms with E-state index in [2.05, 4.69) is 36.3 Å². The minimum absolute atomic E-state index is 0. The molecule has 1 aromatic carbocycles. The summed E-state index contributed by atoms with van der Waals surface area (Å²) in [5, 5.41) is 3.14. The average Bonchev–Trinajstić information content (AvgIpc) is 2.76. The van der Waals surface area contributed by atoms with Crippen LogP contribution in [0.2, 0.25) is 0 Å². The maximum absolute atomic E-state index is 11.9. The lowest BCUT2D eigenvalue weighted by molar-refractivity contribution is -0.130. The van der Waals surface area contributed by atoms with E-state index < -0.39 is 0 Å². The standard InChI is InChI=1S/C19H30N4O.HI/c1-15(2)16-8-6-9-17(14-16)22-19(20)21-11-7-13-23-12-5-3-4-10-18(23)24;/h6,8-9,14-15H,3-5,7,10-13H2,1-2H3,(H3,20,21,22);1H. The Hall–Kier alpha value is -1.31. The maximum atomic E-state index is 11.9. The van der Waals surface area contributed by atoms with Crippen molar-refractivity contribution in [2.24, 2.45) is 10.7 Å². The number of carbonyl (C=O) groups excluding carboxylic acids is 1. The summed E-state index contributed by atoms with van der Waals surface area (Å²) >= 11 is 0. The summed E-state index contributed by atoms with van der Waals surface area (Å²) in [6, 6.07) is 8.23. The van der Waals surface area contributed by atoms with E-state index in [1.54, 1.807) is 0 Å². The van der Waals surface area contributed by atoms with Gasteiger partial charge in [-0.2, -0.15) is 0 Å². The van der Waals surface area contributed by atoms with Crippen LogP contribution in [0, 0.1) is 0 Å². The number of nitrogens with two attached hydrogens (primary N) is 1. The molecule has 1 aliphatic heterocycles. The molecule has 1 aromatic rings. The van der Waals surface area contributed by atoms with Crippen LogP contribution in [-0.2, 0) is 4.79 Å². The molecule has 0 bridgehead atoms. The molecule has 0 radical (unpaired) electrons. The van der Waals surface area contributed by atoms with Crippen molar-refractivity contribution >= 4 is 41.5 Å². The summed E-state index contributed by atoms with van der Waals surface area (Å²) in [5.41, 5.74) is 8.20. The number of hydrogen-bond donors (Lipinski definition) is 2. The number of likely N-dealkylation sites (tertiary alicyclic amines) is 1. The molecule has 0 spiro atoms. The van der Waals surface area contributed by atoms with Gasteiger partial charge in [-0.05, 0) is 42.9 Å². The number of hydrogen-bond acceptors (Lipinski definition) is 2. The Labute approximate surface area is 168 Å². The number of rotatable bonds is 6. The summed E-state index contributed by atoms with van der Waals surface area (Å²) < 4.78 is 0. The largest absolute Gasteiger partial charge is 0.370 e. The van der Waals surface area contributed by atoms with Gasteiger partial charge in [-0.15, -0.1) is 24.0 Å². The van der Waals surface area contributed by atoms with Gasteiger partial charge in [0, 0.05) is 31.7 Å². The Bertz CT molecular complexity index is 574. The number of nitrogens with one attached hydrogen (secondary N) is 1. The molecular weight excluding hydrogens is 427 g/mol. The molecule has 140 valence electrons. The highest BCUT2D eigenvalue weighted by atomic mass is 127. The number of nitrogens with zero attached hydrogens (tertiary/aromatic N) is 2. The van der Waals surface area contributed by atoms with E-state index in [0.717, 1.165) is 44.5 Å². The molecule has 0 unspecified atom stereocenters. The second-order valence-electron chi connectivity index (χ2n) is 6.72. The van der Waals surface area contributed by atoms with Gasteiger partial charge in [0.25, 0.3) is 0 Å². The third kappa shape index (κ3) is 7.63. The summed E-state index contributed by atoms with van der Waals surface area (Å²) in [7, 11) is 0. The zero-order valence-electron chi connectivity index (χ0n) is 15.3. The lowest BCUT2D eigenvalue weighted by Gasteiger charge is -2.19. The quantitative estimate of drug-likeness (QED) is 0.294. The van der Waals surface area contributed by atoms with Crippen LogP contribution in [0.1, 0.15) is 57.4 Å². The summed E-state index contributed by atoms with van der Waals surface area (Å²) in [4.78, 5) is 18.3. The molecular formula is C19H31IN4O. The molecule has 5 nitrogen and oxygen atoms in total. The molecule has 1 aliphatic rings. The Kier molecular flexibility index (Phi) is 9.85. The molecule has 25 heavy (non-hydrogen) atoms. The average molecular weight is 458 g/mol. The maximum Gasteiger partial charge on any atom is 0.222 e. The first kappa shape index (κ1) is 21.7. The number of carbonyl (C=O) groups is 1. The highest BCUT2D eigenvalue weighted by Gasteiger charge is 2.15. The third-order valence-electron chi connectivity index (χ3n) is 4.37. The van der Waals surface area contributed by atoms with Gasteiger partial charge in [-0.3, -0.25) is 9.79 Å². The number of aliphatic imine (C=N–C) groups is 1. The zero-order chi connectivity index (χ0) is 17.4. The van der Waals surface area contributed by atoms with E-state index in [-0.39, 0.29) is 29.9 Å². The SMILES string of the molecule is CC(C)c1cccc(NC(N)=NCCCN2CCCCCC2=O)c1.I. The van der Waals surface area contributed by atoms with Crippen LogP contribution in [-0.4, -0.2) is 36.4 Å². The predicted octanol–water partition coefficient (Wildman–Crippen LogP) is 3.95. The van der Waals surface area contributed by atoms with Crippen LogP contribution < -0.4 is 11.1 Å². The van der Waals surface area contributed by atoms with Crippen molar-refractivity contribution in [2.45, 2.75) is 51.9 Å². The molecule has 1 heterocycles. The van der Waals surface area contributed by atoms with Gasteiger partial charge < -0.3 is 16.0 Å². The van der Waals surface area contributed by atoms with E-state index in [1.165, 1.54) is 5.56 Å². The second kappa shape index (κ2) is 11.3. The highest BCUT2D eigenvalue weighted by molar-refractivity contribution is 14.0. The van der Waals surface area contributed by atoms with Gasteiger partial charge in [0.15, 0.2) is 5.96 Å². The fraction of sp³-hybridized carbons (Fsp3) is 0.579. The van der Waals surface area contributed by atoms with Crippen molar-refractivity contribution in [1.29, 1.82) is 0 Å². The van der Waals surface area contributed by atoms with Gasteiger partial charge in [0.1, 0.15) is 0 Å². The van der Waals surface area contributed by atoms with Crippen LogP contribution in [0.25, 0.3) is 0 Å². The molecule has 0 aliphatic carbocycles. The van der Waals surface area contributed by atoms with Crippen LogP contribution in [0.4, 0.5) is 5.69 Å². The predicted molar refractivity (Wildman–Crippen MR) is 116 cm³/mol. The Balaban J connectivity index is 0.00000312. The number of halogens is 1. The van der Waals surface area contributed by atoms with Crippen molar-refractivity contribution in [3.05, 3.63) is 29.8 Å². The summed E-state index contributed by atoms with van der Waals surface area (Å²) in [6.45, 7) is 6.63. The van der Waals surface area contributed by atoms with Crippen LogP contribution in [0.3, 0.4) is 0 Å². The first-order valence-electron chi connectivity index (χ1n) is 9.01. The molecule has 1 amide bonds. The first-order chi connectivity index (χ1) is 11.6. The third-order valence-corrected chi connectivity index (χ3v) is 4.37. The monoisotopic (exact) mass is 458 g/mol. The van der Waals surface area contributed by atoms with Gasteiger partial charge in [-0.1, -0.05) is 32.4 Å². The Morgan fingerprint density at radius 3 is 2.88 bits per heavy atom. The van der Waals surface area contributed by atoms with E-state index in [1.807, 2.05) is 17.0 Å². The second-order valence-corrected chi connectivity index (χ2v) is 6.72. The van der Waals surface area contributed by atoms with Crippen molar-refractivity contribution in [3.8, 4) is 0 Å². The number of amides is 1. The number of guanidine groups is 1. The van der Waals surface area contributed by atoms with Crippen LogP contribution >= 0.6 is 24.0 Å². The van der Waals surface area contributed by atoms with Crippen molar-refractivity contribution < 1.29 is 4.79 Å². The lowest BCUT2D eigenvalue weighted by Crippen LogP contribution is -2.31. The number of benzene rings is 1. The van der Waals surface area contributed by atoms with E-state index >= 15 is 0 Å². The van der Waals surface area contributed by atoms with E-state index in [9.17, 15) is 4.79 Å². The minimum Gasteiger partial charge on any atom is -0.370 e. The zero-order valence-corrected chi connectivity index (χ0v) is 17.7. The molecule has 1 fully saturated rings. The smallest absolute Gasteiger partial charge is 0.222 e. The van der Waals surface area contributed by atoms with Crippen molar-refractivity contribution in [1.82, 2.24) is 4.90 Å². The highest BCUT2D eigenvalue weighted by Crippen LogP contribution is 2.18. The van der Waals surface area contributed by atoms with Crippen molar-refractivity contribution in [2.75, 3.05) is 25.0 Å². The molecule has 0 saturated carbocycles. The van der Waals surface area contributed by atoms with Crippen molar-refractivity contribution in [3.63, 3.8) is 0 Å². The summed E-state index contributed by atoms with van der Waals surface area (Å²) in [6.07, 6.45) is 4.84. The fourth-order valence-electron chi connectivity index (χ4n) is 2.90. The molecule has 0 atom stereocenters. The minimum atomic E-state index is 0. The van der Waals surface area contributed by atoms with Gasteiger partial charge in [0.05, 0.1) is 0 Å². The van der Waals surface area contributed by atoms with Crippen LogP contribution in [0.15, 0.2) is 29.3 Å². The number of anilines is 1. The molecule has 6 heteroatoms. The normalized spacial score (nSPS) is 15.7. The fourth-order valence-corrected chi connectivity index (χ4v) is 2.90. The van der Waals surface area contributed by atoms with Crippen LogP contribution in [0.5, 0.6) is 0 Å². The molecule has 2 rings (SSSR count). The lowest BCUT2D eigenvalue weighted by atomic mass is 10.0. The first-order valence-corrected chi connectivity index (χ1v) is 9.01. The Morgan fingerprint density at radius 1 is 1.32 bits per heavy atom. The van der Waals surface area contributed by atoms with E-state index in [4.69, 9.17) is 5.73 Å². The van der Waals surface area contributed by atoms with Gasteiger partial charge in [0.2, 0.25) is 5.91 Å². The van der Waals surface area contributed by atoms with Gasteiger partial charge >= 0.3 is 0 Å². The summed E-state index contributed by atoms with van der Waals surface area (Å²) in [5.74, 6) is 1.20. The topological polar surface area (TPSA) is 70.7 Å². The molecule has 1 saturated heterocycles. The van der Waals surface area contributed by atoms with E-state index in [0.29, 0.717) is 24.8 Å². The Morgan fingerprint density at radius 2 is 2.12 bits per heavy atom. The van der Waals surface area contributed by atoms with Gasteiger partial charge in [-0.25, -0.2) is 0 Å². The molecule has 3 N–H and O–H groups in total.